The molecule has 0 saturated carbocycles. The maximum Gasteiger partial charge on any atom is 0.0575 e. The lowest BCUT2D eigenvalue weighted by atomic mass is 10.1. The van der Waals surface area contributed by atoms with Gasteiger partial charge in [-0.3, -0.25) is 0 Å². The molecular weight excluding hydrogens is 212 g/mol. The zero-order valence-corrected chi connectivity index (χ0v) is 10.1. The number of H-pyrrole nitrogens is 1. The Hall–Kier alpha value is -1.58. The molecule has 1 aromatic carbocycles. The fourth-order valence-corrected chi connectivity index (χ4v) is 1.98. The van der Waals surface area contributed by atoms with Crippen molar-refractivity contribution in [2.75, 3.05) is 20.2 Å². The van der Waals surface area contributed by atoms with E-state index in [1.807, 2.05) is 17.2 Å². The van der Waals surface area contributed by atoms with Gasteiger partial charge in [-0.05, 0) is 18.1 Å². The second-order valence-electron chi connectivity index (χ2n) is 3.97. The Bertz CT molecular complexity index is 490. The molecule has 2 aromatic rings. The van der Waals surface area contributed by atoms with Gasteiger partial charge in [0, 0.05) is 30.2 Å². The van der Waals surface area contributed by atoms with E-state index in [9.17, 15) is 0 Å². The summed E-state index contributed by atoms with van der Waals surface area (Å²) in [6.45, 7) is 5.33. The zero-order chi connectivity index (χ0) is 12.1. The number of nitrogens with zero attached hydrogens (tertiary/aromatic N) is 1. The number of benzene rings is 1. The minimum Gasteiger partial charge on any atom is -0.361 e. The van der Waals surface area contributed by atoms with Crippen molar-refractivity contribution in [2.45, 2.75) is 6.42 Å². The molecule has 0 amide bonds. The quantitative estimate of drug-likeness (QED) is 0.610. The van der Waals surface area contributed by atoms with E-state index >= 15 is 0 Å². The molecule has 0 bridgehead atoms. The van der Waals surface area contributed by atoms with Crippen LogP contribution in [0.4, 0.5) is 0 Å². The average Bonchev–Trinajstić information content (AvgIpc) is 2.78. The van der Waals surface area contributed by atoms with Crippen LogP contribution >= 0.6 is 0 Å². The highest BCUT2D eigenvalue weighted by molar-refractivity contribution is 5.83. The highest BCUT2D eigenvalue weighted by Crippen LogP contribution is 2.18. The Kier molecular flexibility index (Phi) is 3.96. The van der Waals surface area contributed by atoms with E-state index in [-0.39, 0.29) is 0 Å². The van der Waals surface area contributed by atoms with Gasteiger partial charge in [-0.25, -0.2) is 0 Å². The van der Waals surface area contributed by atoms with Crippen LogP contribution in [-0.4, -0.2) is 30.2 Å². The number of para-hydroxylation sites is 1. The third-order valence-electron chi connectivity index (χ3n) is 2.90. The van der Waals surface area contributed by atoms with Gasteiger partial charge in [-0.15, -0.1) is 6.58 Å². The summed E-state index contributed by atoms with van der Waals surface area (Å²) >= 11 is 0. The van der Waals surface area contributed by atoms with Crippen molar-refractivity contribution in [1.29, 1.82) is 0 Å². The van der Waals surface area contributed by atoms with E-state index in [1.54, 1.807) is 7.11 Å². The molecule has 0 unspecified atom stereocenters. The molecule has 0 aliphatic carbocycles. The first-order valence-corrected chi connectivity index (χ1v) is 5.80. The largest absolute Gasteiger partial charge is 0.361 e. The van der Waals surface area contributed by atoms with Crippen molar-refractivity contribution >= 4 is 10.9 Å². The SMILES string of the molecule is C=CCN(CCc1c[nH]c2ccccc12)OC. The second-order valence-corrected chi connectivity index (χ2v) is 3.97. The number of aromatic amines is 1. The first-order chi connectivity index (χ1) is 8.35. The van der Waals surface area contributed by atoms with Gasteiger partial charge < -0.3 is 9.82 Å². The van der Waals surface area contributed by atoms with E-state index in [0.29, 0.717) is 0 Å². The summed E-state index contributed by atoms with van der Waals surface area (Å²) in [5, 5.41) is 3.19. The van der Waals surface area contributed by atoms with Crippen molar-refractivity contribution in [3.05, 3.63) is 48.7 Å². The molecule has 17 heavy (non-hydrogen) atoms. The lowest BCUT2D eigenvalue weighted by Gasteiger charge is -2.16. The van der Waals surface area contributed by atoms with Gasteiger partial charge in [0.25, 0.3) is 0 Å². The van der Waals surface area contributed by atoms with Crippen LogP contribution in [0.1, 0.15) is 5.56 Å². The molecule has 90 valence electrons. The molecule has 0 spiro atoms. The van der Waals surface area contributed by atoms with Crippen LogP contribution in [0.5, 0.6) is 0 Å². The van der Waals surface area contributed by atoms with Gasteiger partial charge in [0.05, 0.1) is 7.11 Å². The molecule has 0 aliphatic heterocycles. The Morgan fingerprint density at radius 1 is 1.41 bits per heavy atom. The topological polar surface area (TPSA) is 28.3 Å². The predicted molar refractivity (Wildman–Crippen MR) is 70.8 cm³/mol. The van der Waals surface area contributed by atoms with E-state index in [4.69, 9.17) is 4.84 Å². The van der Waals surface area contributed by atoms with Gasteiger partial charge in [0.2, 0.25) is 0 Å². The summed E-state index contributed by atoms with van der Waals surface area (Å²) in [7, 11) is 1.69. The summed E-state index contributed by atoms with van der Waals surface area (Å²) in [5.74, 6) is 0. The number of aromatic nitrogens is 1. The van der Waals surface area contributed by atoms with Gasteiger partial charge in [-0.1, -0.05) is 24.3 Å². The Morgan fingerprint density at radius 2 is 2.24 bits per heavy atom. The van der Waals surface area contributed by atoms with Crippen LogP contribution < -0.4 is 0 Å². The number of hydrogen-bond acceptors (Lipinski definition) is 2. The molecule has 0 fully saturated rings. The highest BCUT2D eigenvalue weighted by atomic mass is 16.7. The fourth-order valence-electron chi connectivity index (χ4n) is 1.98. The van der Waals surface area contributed by atoms with Gasteiger partial charge in [0.1, 0.15) is 0 Å². The standard InChI is InChI=1S/C14H18N2O/c1-3-9-16(17-2)10-8-12-11-15-14-7-5-4-6-13(12)14/h3-7,11,15H,1,8-10H2,2H3. The molecule has 1 N–H and O–H groups in total. The molecule has 1 heterocycles. The van der Waals surface area contributed by atoms with Crippen molar-refractivity contribution in [3.63, 3.8) is 0 Å². The van der Waals surface area contributed by atoms with Crippen LogP contribution in [0.3, 0.4) is 0 Å². The normalized spacial score (nSPS) is 11.2. The van der Waals surface area contributed by atoms with Gasteiger partial charge in [0.15, 0.2) is 0 Å². The van der Waals surface area contributed by atoms with E-state index < -0.39 is 0 Å². The molecule has 3 nitrogen and oxygen atoms in total. The second kappa shape index (κ2) is 5.66. The molecule has 2 rings (SSSR count). The maximum atomic E-state index is 5.25. The maximum absolute atomic E-state index is 5.25. The number of fused-ring (bicyclic) bond motifs is 1. The monoisotopic (exact) mass is 230 g/mol. The zero-order valence-electron chi connectivity index (χ0n) is 10.1. The number of hydrogen-bond donors (Lipinski definition) is 1. The Labute approximate surface area is 102 Å². The number of hydroxylamine groups is 2. The number of nitrogens with one attached hydrogen (secondary N) is 1. The third-order valence-corrected chi connectivity index (χ3v) is 2.90. The van der Waals surface area contributed by atoms with Gasteiger partial charge >= 0.3 is 0 Å². The van der Waals surface area contributed by atoms with Crippen LogP contribution in [0.25, 0.3) is 10.9 Å². The Morgan fingerprint density at radius 3 is 3.00 bits per heavy atom. The lowest BCUT2D eigenvalue weighted by Crippen LogP contribution is -2.24. The summed E-state index contributed by atoms with van der Waals surface area (Å²) < 4.78 is 0. The van der Waals surface area contributed by atoms with Crippen molar-refractivity contribution in [3.8, 4) is 0 Å². The molecule has 0 aliphatic rings. The summed E-state index contributed by atoms with van der Waals surface area (Å²) in [5.41, 5.74) is 2.52. The average molecular weight is 230 g/mol. The summed E-state index contributed by atoms with van der Waals surface area (Å²) in [4.78, 5) is 8.54. The summed E-state index contributed by atoms with van der Waals surface area (Å²) in [6, 6.07) is 8.35. The first kappa shape index (κ1) is 11.9. The highest BCUT2D eigenvalue weighted by Gasteiger charge is 2.05. The van der Waals surface area contributed by atoms with Crippen molar-refractivity contribution < 1.29 is 4.84 Å². The molecule has 3 heteroatoms. The van der Waals surface area contributed by atoms with Crippen molar-refractivity contribution in [2.24, 2.45) is 0 Å². The van der Waals surface area contributed by atoms with Crippen LogP contribution in [0, 0.1) is 0 Å². The first-order valence-electron chi connectivity index (χ1n) is 5.80. The van der Waals surface area contributed by atoms with Gasteiger partial charge in [-0.2, -0.15) is 5.06 Å². The molecular formula is C14H18N2O. The summed E-state index contributed by atoms with van der Waals surface area (Å²) in [6.07, 6.45) is 4.89. The van der Waals surface area contributed by atoms with Crippen LogP contribution in [0.2, 0.25) is 0 Å². The minimum absolute atomic E-state index is 0.749. The fraction of sp³-hybridized carbons (Fsp3) is 0.286. The lowest BCUT2D eigenvalue weighted by molar-refractivity contribution is -0.121. The minimum atomic E-state index is 0.749. The smallest absolute Gasteiger partial charge is 0.0575 e. The van der Waals surface area contributed by atoms with Crippen molar-refractivity contribution in [1.82, 2.24) is 10.0 Å². The molecule has 0 saturated heterocycles. The molecule has 1 aromatic heterocycles. The molecule has 0 atom stereocenters. The van der Waals surface area contributed by atoms with Crippen LogP contribution in [-0.2, 0) is 11.3 Å². The van der Waals surface area contributed by atoms with E-state index in [1.165, 1.54) is 16.5 Å². The third kappa shape index (κ3) is 2.75. The number of rotatable bonds is 6. The molecule has 0 radical (unpaired) electrons. The van der Waals surface area contributed by atoms with Crippen LogP contribution in [0.15, 0.2) is 43.1 Å². The predicted octanol–water partition coefficient (Wildman–Crippen LogP) is 2.76. The van der Waals surface area contributed by atoms with E-state index in [0.717, 1.165) is 19.5 Å². The Balaban J connectivity index is 2.05. The van der Waals surface area contributed by atoms with E-state index in [2.05, 4.69) is 36.0 Å².